The quantitative estimate of drug-likeness (QED) is 0.817. The van der Waals surface area contributed by atoms with Gasteiger partial charge in [0.2, 0.25) is 0 Å². The number of hydrogen-bond donors (Lipinski definition) is 0. The van der Waals surface area contributed by atoms with Crippen molar-refractivity contribution in [2.24, 2.45) is 0 Å². The zero-order valence-electron chi connectivity index (χ0n) is 8.20. The SMILES string of the molecule is CCCCn1cc2cc(Br)ccc2n1. The fourth-order valence-electron chi connectivity index (χ4n) is 1.48. The molecule has 1 aromatic carbocycles. The van der Waals surface area contributed by atoms with Gasteiger partial charge < -0.3 is 0 Å². The molecular formula is C11H13BrN2. The Balaban J connectivity index is 2.32. The van der Waals surface area contributed by atoms with Gasteiger partial charge in [-0.3, -0.25) is 4.68 Å². The average Bonchev–Trinajstić information content (AvgIpc) is 2.56. The topological polar surface area (TPSA) is 17.8 Å². The van der Waals surface area contributed by atoms with Crippen LogP contribution in [0.2, 0.25) is 0 Å². The fourth-order valence-corrected chi connectivity index (χ4v) is 1.86. The predicted octanol–water partition coefficient (Wildman–Crippen LogP) is 3.60. The van der Waals surface area contributed by atoms with Gasteiger partial charge in [0.05, 0.1) is 5.52 Å². The number of nitrogens with zero attached hydrogens (tertiary/aromatic N) is 2. The van der Waals surface area contributed by atoms with Crippen LogP contribution in [-0.4, -0.2) is 9.78 Å². The Kier molecular flexibility index (Phi) is 2.87. The number of benzene rings is 1. The Hall–Kier alpha value is -0.830. The van der Waals surface area contributed by atoms with Gasteiger partial charge in [0.15, 0.2) is 0 Å². The summed E-state index contributed by atoms with van der Waals surface area (Å²) in [7, 11) is 0. The van der Waals surface area contributed by atoms with Crippen LogP contribution in [0.25, 0.3) is 10.9 Å². The van der Waals surface area contributed by atoms with E-state index in [1.165, 1.54) is 18.2 Å². The zero-order chi connectivity index (χ0) is 9.97. The molecule has 0 amide bonds. The second kappa shape index (κ2) is 4.13. The van der Waals surface area contributed by atoms with E-state index >= 15 is 0 Å². The van der Waals surface area contributed by atoms with Gasteiger partial charge in [-0.25, -0.2) is 0 Å². The molecule has 0 saturated carbocycles. The molecule has 3 heteroatoms. The molecule has 0 fully saturated rings. The molecule has 2 nitrogen and oxygen atoms in total. The number of hydrogen-bond acceptors (Lipinski definition) is 1. The Morgan fingerprint density at radius 1 is 1.43 bits per heavy atom. The van der Waals surface area contributed by atoms with Crippen molar-refractivity contribution in [1.82, 2.24) is 9.78 Å². The number of rotatable bonds is 3. The van der Waals surface area contributed by atoms with Crippen LogP contribution in [0.15, 0.2) is 28.9 Å². The molecule has 0 bridgehead atoms. The van der Waals surface area contributed by atoms with E-state index in [1.54, 1.807) is 0 Å². The van der Waals surface area contributed by atoms with Gasteiger partial charge in [0.25, 0.3) is 0 Å². The summed E-state index contributed by atoms with van der Waals surface area (Å²) in [4.78, 5) is 0. The van der Waals surface area contributed by atoms with E-state index in [9.17, 15) is 0 Å². The van der Waals surface area contributed by atoms with Crippen LogP contribution in [0, 0.1) is 0 Å². The fraction of sp³-hybridized carbons (Fsp3) is 0.364. The molecule has 0 spiro atoms. The molecule has 0 saturated heterocycles. The Bertz CT molecular complexity index is 434. The van der Waals surface area contributed by atoms with Crippen LogP contribution in [-0.2, 0) is 6.54 Å². The maximum absolute atomic E-state index is 4.49. The number of fused-ring (bicyclic) bond motifs is 1. The van der Waals surface area contributed by atoms with Crippen LogP contribution in [0.3, 0.4) is 0 Å². The van der Waals surface area contributed by atoms with Crippen molar-refractivity contribution in [3.63, 3.8) is 0 Å². The Morgan fingerprint density at radius 2 is 2.29 bits per heavy atom. The van der Waals surface area contributed by atoms with Gasteiger partial charge >= 0.3 is 0 Å². The highest BCUT2D eigenvalue weighted by molar-refractivity contribution is 9.10. The lowest BCUT2D eigenvalue weighted by Gasteiger charge is -1.96. The van der Waals surface area contributed by atoms with Crippen LogP contribution >= 0.6 is 15.9 Å². The van der Waals surface area contributed by atoms with Gasteiger partial charge in [0.1, 0.15) is 0 Å². The van der Waals surface area contributed by atoms with Crippen molar-refractivity contribution >= 4 is 26.8 Å². The molecule has 14 heavy (non-hydrogen) atoms. The third kappa shape index (κ3) is 1.98. The van der Waals surface area contributed by atoms with Gasteiger partial charge in [-0.1, -0.05) is 29.3 Å². The molecule has 0 N–H and O–H groups in total. The molecule has 2 rings (SSSR count). The van der Waals surface area contributed by atoms with Crippen LogP contribution in [0.4, 0.5) is 0 Å². The van der Waals surface area contributed by atoms with Crippen LogP contribution < -0.4 is 0 Å². The minimum Gasteiger partial charge on any atom is -0.272 e. The van der Waals surface area contributed by atoms with Gasteiger partial charge in [-0.15, -0.1) is 0 Å². The molecule has 0 radical (unpaired) electrons. The molecule has 74 valence electrons. The minimum atomic E-state index is 1.02. The van der Waals surface area contributed by atoms with E-state index < -0.39 is 0 Å². The summed E-state index contributed by atoms with van der Waals surface area (Å²) >= 11 is 3.46. The lowest BCUT2D eigenvalue weighted by molar-refractivity contribution is 0.576. The Labute approximate surface area is 92.0 Å². The average molecular weight is 253 g/mol. The van der Waals surface area contributed by atoms with E-state index in [0.29, 0.717) is 0 Å². The second-order valence-corrected chi connectivity index (χ2v) is 4.36. The van der Waals surface area contributed by atoms with Gasteiger partial charge in [-0.2, -0.15) is 5.10 Å². The van der Waals surface area contributed by atoms with E-state index in [1.807, 2.05) is 16.8 Å². The molecule has 0 unspecified atom stereocenters. The first kappa shape index (κ1) is 9.71. The minimum absolute atomic E-state index is 1.02. The van der Waals surface area contributed by atoms with E-state index in [0.717, 1.165) is 16.5 Å². The smallest absolute Gasteiger partial charge is 0.0924 e. The first-order valence-electron chi connectivity index (χ1n) is 4.92. The number of unbranched alkanes of at least 4 members (excludes halogenated alkanes) is 1. The molecule has 0 aliphatic rings. The second-order valence-electron chi connectivity index (χ2n) is 3.45. The third-order valence-corrected chi connectivity index (χ3v) is 2.75. The maximum Gasteiger partial charge on any atom is 0.0924 e. The van der Waals surface area contributed by atoms with E-state index in [2.05, 4.69) is 40.2 Å². The first-order chi connectivity index (χ1) is 6.79. The van der Waals surface area contributed by atoms with E-state index in [4.69, 9.17) is 0 Å². The lowest BCUT2D eigenvalue weighted by atomic mass is 10.3. The summed E-state index contributed by atoms with van der Waals surface area (Å²) in [6, 6.07) is 6.17. The summed E-state index contributed by atoms with van der Waals surface area (Å²) < 4.78 is 3.14. The highest BCUT2D eigenvalue weighted by Gasteiger charge is 2.00. The Morgan fingerprint density at radius 3 is 3.07 bits per heavy atom. The molecular weight excluding hydrogens is 240 g/mol. The van der Waals surface area contributed by atoms with Gasteiger partial charge in [0, 0.05) is 22.6 Å². The van der Waals surface area contributed by atoms with Crippen molar-refractivity contribution in [3.05, 3.63) is 28.9 Å². The summed E-state index contributed by atoms with van der Waals surface area (Å²) in [6.07, 6.45) is 4.50. The summed E-state index contributed by atoms with van der Waals surface area (Å²) in [5, 5.41) is 5.69. The zero-order valence-corrected chi connectivity index (χ0v) is 9.79. The lowest BCUT2D eigenvalue weighted by Crippen LogP contribution is -1.96. The van der Waals surface area contributed by atoms with E-state index in [-0.39, 0.29) is 0 Å². The predicted molar refractivity (Wildman–Crippen MR) is 62.3 cm³/mol. The van der Waals surface area contributed by atoms with Crippen molar-refractivity contribution in [2.45, 2.75) is 26.3 Å². The normalized spacial score (nSPS) is 11.0. The molecule has 0 atom stereocenters. The number of aryl methyl sites for hydroxylation is 1. The van der Waals surface area contributed by atoms with Gasteiger partial charge in [-0.05, 0) is 24.6 Å². The van der Waals surface area contributed by atoms with Crippen molar-refractivity contribution in [1.29, 1.82) is 0 Å². The summed E-state index contributed by atoms with van der Waals surface area (Å²) in [5.41, 5.74) is 1.07. The summed E-state index contributed by atoms with van der Waals surface area (Å²) in [6.45, 7) is 3.21. The highest BCUT2D eigenvalue weighted by Crippen LogP contribution is 2.18. The maximum atomic E-state index is 4.49. The molecule has 1 aromatic heterocycles. The standard InChI is InChI=1S/C11H13BrN2/c1-2-3-6-14-8-9-7-10(12)4-5-11(9)13-14/h4-5,7-8H,2-3,6H2,1H3. The van der Waals surface area contributed by atoms with Crippen molar-refractivity contribution in [3.8, 4) is 0 Å². The van der Waals surface area contributed by atoms with Crippen LogP contribution in [0.5, 0.6) is 0 Å². The molecule has 0 aliphatic heterocycles. The molecule has 2 aromatic rings. The van der Waals surface area contributed by atoms with Crippen molar-refractivity contribution in [2.75, 3.05) is 0 Å². The highest BCUT2D eigenvalue weighted by atomic mass is 79.9. The molecule has 1 heterocycles. The molecule has 0 aliphatic carbocycles. The number of halogens is 1. The van der Waals surface area contributed by atoms with Crippen LogP contribution in [0.1, 0.15) is 19.8 Å². The van der Waals surface area contributed by atoms with Crippen molar-refractivity contribution < 1.29 is 0 Å². The third-order valence-electron chi connectivity index (χ3n) is 2.25. The summed E-state index contributed by atoms with van der Waals surface area (Å²) in [5.74, 6) is 0. The monoisotopic (exact) mass is 252 g/mol. The largest absolute Gasteiger partial charge is 0.272 e. The first-order valence-corrected chi connectivity index (χ1v) is 5.71. The number of aromatic nitrogens is 2.